The van der Waals surface area contributed by atoms with Crippen LogP contribution in [0.3, 0.4) is 0 Å². The summed E-state index contributed by atoms with van der Waals surface area (Å²) < 4.78 is 0. The fourth-order valence-electron chi connectivity index (χ4n) is 3.41. The van der Waals surface area contributed by atoms with Crippen molar-refractivity contribution in [2.45, 2.75) is 60.4 Å². The zero-order valence-corrected chi connectivity index (χ0v) is 14.5. The minimum Gasteiger partial charge on any atom is -0.299 e. The highest BCUT2D eigenvalue weighted by Crippen LogP contribution is 2.27. The quantitative estimate of drug-likeness (QED) is 0.741. The van der Waals surface area contributed by atoms with Gasteiger partial charge in [-0.1, -0.05) is 32.1 Å². The number of benzene rings is 1. The molecule has 0 N–H and O–H groups in total. The molecular formula is C20H31N. The Labute approximate surface area is 131 Å². The molecule has 21 heavy (non-hydrogen) atoms. The number of hydrogen-bond donors (Lipinski definition) is 0. The van der Waals surface area contributed by atoms with Crippen molar-refractivity contribution in [2.75, 3.05) is 13.1 Å². The first-order valence-electron chi connectivity index (χ1n) is 8.53. The van der Waals surface area contributed by atoms with E-state index in [1.807, 2.05) is 0 Å². The summed E-state index contributed by atoms with van der Waals surface area (Å²) in [5.41, 5.74) is 7.44. The van der Waals surface area contributed by atoms with Gasteiger partial charge >= 0.3 is 0 Å². The molecule has 0 bridgehead atoms. The van der Waals surface area contributed by atoms with Crippen LogP contribution in [0.4, 0.5) is 0 Å². The Balaban J connectivity index is 2.34. The van der Waals surface area contributed by atoms with Gasteiger partial charge in [0.1, 0.15) is 0 Å². The lowest BCUT2D eigenvalue weighted by molar-refractivity contribution is 0.185. The van der Waals surface area contributed by atoms with Crippen molar-refractivity contribution in [1.29, 1.82) is 0 Å². The number of allylic oxidation sites excluding steroid dienone is 1. The first-order chi connectivity index (χ1) is 10.1. The standard InChI is InChI=1S/C20H31N/c1-6-8-19-17(5)16(4)13-18(7-2)20(19)14-21-11-9-15(3)10-12-21/h6,8,13,15H,7,9-12,14H2,1-5H3/b8-6-. The molecular weight excluding hydrogens is 254 g/mol. The summed E-state index contributed by atoms with van der Waals surface area (Å²) in [6.07, 6.45) is 8.33. The molecule has 0 amide bonds. The minimum absolute atomic E-state index is 0.904. The number of nitrogens with zero attached hydrogens (tertiary/aromatic N) is 1. The number of aryl methyl sites for hydroxylation is 2. The summed E-state index contributed by atoms with van der Waals surface area (Å²) in [6, 6.07) is 2.41. The molecule has 0 saturated carbocycles. The van der Waals surface area contributed by atoms with Crippen molar-refractivity contribution in [3.05, 3.63) is 40.0 Å². The number of piperidine rings is 1. The second-order valence-electron chi connectivity index (χ2n) is 6.68. The predicted octanol–water partition coefficient (Wildman–Crippen LogP) is 5.13. The van der Waals surface area contributed by atoms with Crippen molar-refractivity contribution in [1.82, 2.24) is 4.90 Å². The highest BCUT2D eigenvalue weighted by Gasteiger charge is 2.19. The minimum atomic E-state index is 0.904. The Kier molecular flexibility index (Phi) is 5.64. The monoisotopic (exact) mass is 285 g/mol. The predicted molar refractivity (Wildman–Crippen MR) is 93.7 cm³/mol. The van der Waals surface area contributed by atoms with Crippen LogP contribution in [0, 0.1) is 19.8 Å². The average Bonchev–Trinajstić information content (AvgIpc) is 2.48. The first kappa shape index (κ1) is 16.3. The van der Waals surface area contributed by atoms with Crippen LogP contribution < -0.4 is 0 Å². The van der Waals surface area contributed by atoms with Gasteiger partial charge in [0.05, 0.1) is 0 Å². The van der Waals surface area contributed by atoms with Crippen molar-refractivity contribution in [3.63, 3.8) is 0 Å². The van der Waals surface area contributed by atoms with Crippen LogP contribution >= 0.6 is 0 Å². The third-order valence-corrected chi connectivity index (χ3v) is 5.07. The van der Waals surface area contributed by atoms with Gasteiger partial charge in [0.2, 0.25) is 0 Å². The molecule has 0 spiro atoms. The average molecular weight is 285 g/mol. The Morgan fingerprint density at radius 1 is 1.24 bits per heavy atom. The Morgan fingerprint density at radius 3 is 2.48 bits per heavy atom. The third kappa shape index (κ3) is 3.77. The fourth-order valence-corrected chi connectivity index (χ4v) is 3.41. The van der Waals surface area contributed by atoms with E-state index in [0.717, 1.165) is 18.9 Å². The highest BCUT2D eigenvalue weighted by atomic mass is 15.1. The molecule has 0 atom stereocenters. The van der Waals surface area contributed by atoms with E-state index in [1.165, 1.54) is 48.2 Å². The van der Waals surface area contributed by atoms with Gasteiger partial charge in [-0.2, -0.15) is 0 Å². The summed E-state index contributed by atoms with van der Waals surface area (Å²) >= 11 is 0. The summed E-state index contributed by atoms with van der Waals surface area (Å²) in [5.74, 6) is 0.904. The summed E-state index contributed by atoms with van der Waals surface area (Å²) in [7, 11) is 0. The normalized spacial score (nSPS) is 17.8. The molecule has 0 unspecified atom stereocenters. The van der Waals surface area contributed by atoms with Crippen LogP contribution in [0.5, 0.6) is 0 Å². The third-order valence-electron chi connectivity index (χ3n) is 5.07. The van der Waals surface area contributed by atoms with Gasteiger partial charge < -0.3 is 0 Å². The molecule has 1 heterocycles. The maximum absolute atomic E-state index is 2.65. The van der Waals surface area contributed by atoms with Crippen LogP contribution in [-0.4, -0.2) is 18.0 Å². The lowest BCUT2D eigenvalue weighted by atomic mass is 9.90. The molecule has 1 nitrogen and oxygen atoms in total. The van der Waals surface area contributed by atoms with E-state index in [1.54, 1.807) is 5.56 Å². The Hall–Kier alpha value is -1.08. The molecule has 0 aromatic heterocycles. The number of rotatable bonds is 4. The van der Waals surface area contributed by atoms with Gasteiger partial charge in [-0.3, -0.25) is 4.90 Å². The molecule has 1 heteroatoms. The van der Waals surface area contributed by atoms with Crippen LogP contribution in [0.1, 0.15) is 61.4 Å². The zero-order chi connectivity index (χ0) is 15.4. The SMILES string of the molecule is C/C=C\c1c(C)c(C)cc(CC)c1CN1CCC(C)CC1. The van der Waals surface area contributed by atoms with Gasteiger partial charge in [0, 0.05) is 6.54 Å². The van der Waals surface area contributed by atoms with Gasteiger partial charge in [-0.05, 0) is 86.9 Å². The van der Waals surface area contributed by atoms with Crippen molar-refractivity contribution >= 4 is 6.08 Å². The molecule has 1 aromatic rings. The lowest BCUT2D eigenvalue weighted by Crippen LogP contribution is -2.33. The first-order valence-corrected chi connectivity index (χ1v) is 8.53. The van der Waals surface area contributed by atoms with E-state index in [9.17, 15) is 0 Å². The molecule has 1 aromatic carbocycles. The molecule has 1 saturated heterocycles. The Morgan fingerprint density at radius 2 is 1.90 bits per heavy atom. The molecule has 0 radical (unpaired) electrons. The van der Waals surface area contributed by atoms with E-state index in [0.29, 0.717) is 0 Å². The van der Waals surface area contributed by atoms with Gasteiger partial charge in [-0.25, -0.2) is 0 Å². The molecule has 1 fully saturated rings. The second-order valence-corrected chi connectivity index (χ2v) is 6.68. The van der Waals surface area contributed by atoms with E-state index in [4.69, 9.17) is 0 Å². The van der Waals surface area contributed by atoms with Gasteiger partial charge in [0.25, 0.3) is 0 Å². The zero-order valence-electron chi connectivity index (χ0n) is 14.5. The second kappa shape index (κ2) is 7.26. The number of likely N-dealkylation sites (tertiary alicyclic amines) is 1. The molecule has 116 valence electrons. The summed E-state index contributed by atoms with van der Waals surface area (Å²) in [4.78, 5) is 2.65. The van der Waals surface area contributed by atoms with Crippen LogP contribution in [-0.2, 0) is 13.0 Å². The summed E-state index contributed by atoms with van der Waals surface area (Å²) in [5, 5.41) is 0. The molecule has 2 rings (SSSR count). The van der Waals surface area contributed by atoms with E-state index < -0.39 is 0 Å². The van der Waals surface area contributed by atoms with E-state index in [2.05, 4.69) is 57.7 Å². The largest absolute Gasteiger partial charge is 0.299 e. The van der Waals surface area contributed by atoms with Crippen molar-refractivity contribution < 1.29 is 0 Å². The maximum Gasteiger partial charge on any atom is 0.0242 e. The maximum atomic E-state index is 2.65. The lowest BCUT2D eigenvalue weighted by Gasteiger charge is -2.31. The van der Waals surface area contributed by atoms with Crippen LogP contribution in [0.25, 0.3) is 6.08 Å². The number of hydrogen-bond acceptors (Lipinski definition) is 1. The molecule has 0 aliphatic carbocycles. The van der Waals surface area contributed by atoms with Crippen LogP contribution in [0.15, 0.2) is 12.1 Å². The molecule has 1 aliphatic rings. The topological polar surface area (TPSA) is 3.24 Å². The summed E-state index contributed by atoms with van der Waals surface area (Å²) in [6.45, 7) is 14.9. The highest BCUT2D eigenvalue weighted by molar-refractivity contribution is 5.62. The van der Waals surface area contributed by atoms with E-state index >= 15 is 0 Å². The van der Waals surface area contributed by atoms with E-state index in [-0.39, 0.29) is 0 Å². The van der Waals surface area contributed by atoms with Crippen LogP contribution in [0.2, 0.25) is 0 Å². The van der Waals surface area contributed by atoms with Gasteiger partial charge in [-0.15, -0.1) is 0 Å². The Bertz CT molecular complexity index is 505. The van der Waals surface area contributed by atoms with Gasteiger partial charge in [0.15, 0.2) is 0 Å². The fraction of sp³-hybridized carbons (Fsp3) is 0.600. The van der Waals surface area contributed by atoms with Crippen molar-refractivity contribution in [3.8, 4) is 0 Å². The van der Waals surface area contributed by atoms with Crippen molar-refractivity contribution in [2.24, 2.45) is 5.92 Å². The molecule has 1 aliphatic heterocycles. The smallest absolute Gasteiger partial charge is 0.0242 e.